The van der Waals surface area contributed by atoms with Crippen LogP contribution in [0.4, 0.5) is 0 Å². The average molecular weight is 292 g/mol. The number of nitrogens with two attached hydrogens (primary N) is 1. The molecule has 1 aromatic rings. The fourth-order valence-electron chi connectivity index (χ4n) is 1.82. The molecule has 1 aromatic carbocycles. The summed E-state index contributed by atoms with van der Waals surface area (Å²) in [6, 6.07) is 9.61. The molecule has 1 rings (SSSR count). The molecule has 21 heavy (non-hydrogen) atoms. The van der Waals surface area contributed by atoms with Crippen LogP contribution in [0.2, 0.25) is 0 Å². The van der Waals surface area contributed by atoms with Crippen molar-refractivity contribution in [2.45, 2.75) is 32.8 Å². The van der Waals surface area contributed by atoms with Crippen LogP contribution in [0.15, 0.2) is 30.3 Å². The summed E-state index contributed by atoms with van der Waals surface area (Å²) in [5, 5.41) is 3.19. The lowest BCUT2D eigenvalue weighted by molar-refractivity contribution is -0.149. The molecular formula is C16H24N2O3. The Bertz CT molecular complexity index is 434. The van der Waals surface area contributed by atoms with Crippen LogP contribution >= 0.6 is 0 Å². The Morgan fingerprint density at radius 3 is 2.62 bits per heavy atom. The van der Waals surface area contributed by atoms with Gasteiger partial charge in [-0.15, -0.1) is 0 Å². The van der Waals surface area contributed by atoms with Gasteiger partial charge < -0.3 is 15.8 Å². The smallest absolute Gasteiger partial charge is 0.310 e. The second kappa shape index (κ2) is 9.94. The zero-order valence-electron chi connectivity index (χ0n) is 12.5. The van der Waals surface area contributed by atoms with Gasteiger partial charge in [0.25, 0.3) is 0 Å². The highest BCUT2D eigenvalue weighted by Crippen LogP contribution is 2.04. The number of unbranched alkanes of at least 4 members (excludes halogenated alkanes) is 1. The molecule has 5 nitrogen and oxygen atoms in total. The summed E-state index contributed by atoms with van der Waals surface area (Å²) in [5.41, 5.74) is 6.04. The van der Waals surface area contributed by atoms with Gasteiger partial charge in [0.1, 0.15) is 6.61 Å². The molecule has 1 atom stereocenters. The molecule has 0 heterocycles. The second-order valence-electron chi connectivity index (χ2n) is 5.12. The van der Waals surface area contributed by atoms with Crippen molar-refractivity contribution in [3.05, 3.63) is 35.9 Å². The predicted octanol–water partition coefficient (Wildman–Crippen LogP) is 1.61. The number of ether oxygens (including phenoxy) is 1. The number of hydrogen-bond acceptors (Lipinski definition) is 4. The summed E-state index contributed by atoms with van der Waals surface area (Å²) in [6.07, 6.45) is 2.06. The first-order valence-electron chi connectivity index (χ1n) is 7.29. The van der Waals surface area contributed by atoms with Gasteiger partial charge in [0, 0.05) is 13.0 Å². The Hall–Kier alpha value is -1.88. The van der Waals surface area contributed by atoms with Crippen LogP contribution in [-0.4, -0.2) is 25.0 Å². The van der Waals surface area contributed by atoms with E-state index < -0.39 is 0 Å². The van der Waals surface area contributed by atoms with Crippen molar-refractivity contribution in [1.29, 1.82) is 0 Å². The van der Waals surface area contributed by atoms with Gasteiger partial charge in [-0.2, -0.15) is 0 Å². The Morgan fingerprint density at radius 2 is 1.95 bits per heavy atom. The van der Waals surface area contributed by atoms with E-state index in [1.54, 1.807) is 0 Å². The van der Waals surface area contributed by atoms with Crippen LogP contribution in [0.3, 0.4) is 0 Å². The van der Waals surface area contributed by atoms with E-state index in [9.17, 15) is 9.59 Å². The fourth-order valence-corrected chi connectivity index (χ4v) is 1.82. The van der Waals surface area contributed by atoms with Gasteiger partial charge >= 0.3 is 5.97 Å². The first-order chi connectivity index (χ1) is 10.1. The fraction of sp³-hybridized carbons (Fsp3) is 0.500. The molecule has 0 fully saturated rings. The molecule has 1 unspecified atom stereocenters. The van der Waals surface area contributed by atoms with E-state index in [1.807, 2.05) is 37.3 Å². The molecule has 0 bridgehead atoms. The minimum Gasteiger partial charge on any atom is -0.461 e. The lowest BCUT2D eigenvalue weighted by atomic mass is 10.1. The average Bonchev–Trinajstić information content (AvgIpc) is 2.48. The monoisotopic (exact) mass is 292 g/mol. The molecule has 0 saturated heterocycles. The number of esters is 1. The minimum absolute atomic E-state index is 0.190. The number of nitrogens with one attached hydrogen (secondary N) is 1. The van der Waals surface area contributed by atoms with Gasteiger partial charge in [-0.25, -0.2) is 0 Å². The topological polar surface area (TPSA) is 81.4 Å². The van der Waals surface area contributed by atoms with E-state index in [0.717, 1.165) is 24.9 Å². The molecule has 0 aliphatic rings. The third-order valence-corrected chi connectivity index (χ3v) is 3.10. The minimum atomic E-state index is -0.271. The number of amides is 1. The molecule has 0 spiro atoms. The largest absolute Gasteiger partial charge is 0.461 e. The van der Waals surface area contributed by atoms with Gasteiger partial charge in [-0.3, -0.25) is 9.59 Å². The molecule has 0 aromatic heterocycles. The maximum Gasteiger partial charge on any atom is 0.310 e. The highest BCUT2D eigenvalue weighted by atomic mass is 16.5. The van der Waals surface area contributed by atoms with Crippen molar-refractivity contribution in [2.75, 3.05) is 13.1 Å². The SMILES string of the molecule is CC(CNCCCCC(N)=O)C(=O)OCc1ccccc1. The number of rotatable bonds is 10. The summed E-state index contributed by atoms with van der Waals surface area (Å²) >= 11 is 0. The van der Waals surface area contributed by atoms with E-state index in [0.29, 0.717) is 19.6 Å². The normalized spacial score (nSPS) is 11.9. The molecule has 0 saturated carbocycles. The van der Waals surface area contributed by atoms with Crippen LogP contribution in [-0.2, 0) is 20.9 Å². The highest BCUT2D eigenvalue weighted by molar-refractivity contribution is 5.73. The van der Waals surface area contributed by atoms with Crippen molar-refractivity contribution in [3.8, 4) is 0 Å². The van der Waals surface area contributed by atoms with E-state index in [2.05, 4.69) is 5.32 Å². The Morgan fingerprint density at radius 1 is 1.24 bits per heavy atom. The molecule has 3 N–H and O–H groups in total. The van der Waals surface area contributed by atoms with Crippen molar-refractivity contribution in [2.24, 2.45) is 11.7 Å². The zero-order valence-corrected chi connectivity index (χ0v) is 12.5. The second-order valence-corrected chi connectivity index (χ2v) is 5.12. The van der Waals surface area contributed by atoms with Gasteiger partial charge in [0.05, 0.1) is 5.92 Å². The lowest BCUT2D eigenvalue weighted by Crippen LogP contribution is -2.28. The van der Waals surface area contributed by atoms with Crippen molar-refractivity contribution in [3.63, 3.8) is 0 Å². The highest BCUT2D eigenvalue weighted by Gasteiger charge is 2.13. The van der Waals surface area contributed by atoms with E-state index in [-0.39, 0.29) is 17.8 Å². The summed E-state index contributed by atoms with van der Waals surface area (Å²) in [7, 11) is 0. The Labute approximate surface area is 125 Å². The van der Waals surface area contributed by atoms with Crippen LogP contribution in [0.1, 0.15) is 31.7 Å². The first kappa shape index (κ1) is 17.2. The molecule has 0 aliphatic carbocycles. The van der Waals surface area contributed by atoms with Crippen molar-refractivity contribution >= 4 is 11.9 Å². The van der Waals surface area contributed by atoms with Crippen molar-refractivity contribution < 1.29 is 14.3 Å². The maximum absolute atomic E-state index is 11.8. The maximum atomic E-state index is 11.8. The summed E-state index contributed by atoms with van der Waals surface area (Å²) < 4.78 is 5.26. The summed E-state index contributed by atoms with van der Waals surface area (Å²) in [6.45, 7) is 3.49. The van der Waals surface area contributed by atoms with Crippen LogP contribution < -0.4 is 11.1 Å². The summed E-state index contributed by atoms with van der Waals surface area (Å²) in [5.74, 6) is -0.666. The molecular weight excluding hydrogens is 268 g/mol. The molecule has 116 valence electrons. The number of carbonyl (C=O) groups is 2. The van der Waals surface area contributed by atoms with E-state index >= 15 is 0 Å². The first-order valence-corrected chi connectivity index (χ1v) is 7.29. The predicted molar refractivity (Wildman–Crippen MR) is 81.3 cm³/mol. The molecule has 1 amide bonds. The summed E-state index contributed by atoms with van der Waals surface area (Å²) in [4.78, 5) is 22.4. The molecule has 5 heteroatoms. The van der Waals surface area contributed by atoms with Crippen LogP contribution in [0.25, 0.3) is 0 Å². The Kier molecular flexibility index (Phi) is 8.12. The van der Waals surface area contributed by atoms with Gasteiger partial charge in [0.2, 0.25) is 5.91 Å². The number of hydrogen-bond donors (Lipinski definition) is 2. The van der Waals surface area contributed by atoms with Crippen LogP contribution in [0.5, 0.6) is 0 Å². The zero-order chi connectivity index (χ0) is 15.5. The number of benzene rings is 1. The third kappa shape index (κ3) is 8.09. The standard InChI is InChI=1S/C16H24N2O3/c1-13(11-18-10-6-5-9-15(17)19)16(20)21-12-14-7-3-2-4-8-14/h2-4,7-8,13,18H,5-6,9-12H2,1H3,(H2,17,19). The third-order valence-electron chi connectivity index (χ3n) is 3.10. The van der Waals surface area contributed by atoms with Gasteiger partial charge in [0.15, 0.2) is 0 Å². The quantitative estimate of drug-likeness (QED) is 0.507. The Balaban J connectivity index is 2.09. The molecule has 0 aliphatic heterocycles. The van der Waals surface area contributed by atoms with E-state index in [4.69, 9.17) is 10.5 Å². The number of primary amides is 1. The van der Waals surface area contributed by atoms with Crippen molar-refractivity contribution in [1.82, 2.24) is 5.32 Å². The molecule has 0 radical (unpaired) electrons. The lowest BCUT2D eigenvalue weighted by Gasteiger charge is -2.12. The van der Waals surface area contributed by atoms with Crippen LogP contribution in [0, 0.1) is 5.92 Å². The number of carbonyl (C=O) groups excluding carboxylic acids is 2. The van der Waals surface area contributed by atoms with Gasteiger partial charge in [-0.05, 0) is 24.9 Å². The van der Waals surface area contributed by atoms with E-state index in [1.165, 1.54) is 0 Å². The van der Waals surface area contributed by atoms with Gasteiger partial charge in [-0.1, -0.05) is 37.3 Å².